The Morgan fingerprint density at radius 1 is 1.10 bits per heavy atom. The van der Waals surface area contributed by atoms with Gasteiger partial charge in [0.2, 0.25) is 15.9 Å². The van der Waals surface area contributed by atoms with Crippen molar-refractivity contribution in [1.29, 1.82) is 0 Å². The summed E-state index contributed by atoms with van der Waals surface area (Å²) in [6, 6.07) is 7.19. The predicted molar refractivity (Wildman–Crippen MR) is 113 cm³/mol. The van der Waals surface area contributed by atoms with Gasteiger partial charge >= 0.3 is 5.97 Å². The van der Waals surface area contributed by atoms with Gasteiger partial charge in [0, 0.05) is 11.8 Å². The summed E-state index contributed by atoms with van der Waals surface area (Å²) in [5.41, 5.74) is 0.441. The molecule has 0 spiro atoms. The van der Waals surface area contributed by atoms with Gasteiger partial charge in [-0.25, -0.2) is 22.0 Å². The lowest BCUT2D eigenvalue weighted by Crippen LogP contribution is -2.45. The van der Waals surface area contributed by atoms with Gasteiger partial charge in [0.25, 0.3) is 0 Å². The Labute approximate surface area is 180 Å². The average Bonchev–Trinajstić information content (AvgIpc) is 2.70. The highest BCUT2D eigenvalue weighted by Gasteiger charge is 2.30. The molecule has 0 aliphatic rings. The normalized spacial score (nSPS) is 12.2. The summed E-state index contributed by atoms with van der Waals surface area (Å²) >= 11 is 0. The Morgan fingerprint density at radius 3 is 2.29 bits per heavy atom. The SMILES string of the molecule is CCCCOC(=O)c1ccc(NC(=O)[C@H](C)N(c2ccc(F)c(F)c2)S(C)(=O)=O)cc1. The molecule has 1 amide bonds. The third kappa shape index (κ3) is 6.48. The molecule has 0 heterocycles. The van der Waals surface area contributed by atoms with Gasteiger partial charge in [0.1, 0.15) is 6.04 Å². The number of hydrogen-bond donors (Lipinski definition) is 1. The van der Waals surface area contributed by atoms with Crippen molar-refractivity contribution in [2.45, 2.75) is 32.7 Å². The smallest absolute Gasteiger partial charge is 0.338 e. The van der Waals surface area contributed by atoms with E-state index in [2.05, 4.69) is 5.32 Å². The maximum atomic E-state index is 13.6. The van der Waals surface area contributed by atoms with Gasteiger partial charge < -0.3 is 10.1 Å². The van der Waals surface area contributed by atoms with Crippen LogP contribution in [0.4, 0.5) is 20.2 Å². The predicted octanol–water partition coefficient (Wildman–Crippen LogP) is 3.71. The van der Waals surface area contributed by atoms with Crippen LogP contribution in [-0.2, 0) is 19.6 Å². The van der Waals surface area contributed by atoms with Crippen LogP contribution in [0.2, 0.25) is 0 Å². The quantitative estimate of drug-likeness (QED) is 0.461. The van der Waals surface area contributed by atoms with Crippen molar-refractivity contribution in [1.82, 2.24) is 0 Å². The van der Waals surface area contributed by atoms with Crippen molar-refractivity contribution >= 4 is 33.3 Å². The number of nitrogens with one attached hydrogen (secondary N) is 1. The van der Waals surface area contributed by atoms with Crippen LogP contribution in [0.3, 0.4) is 0 Å². The van der Waals surface area contributed by atoms with Crippen LogP contribution in [0.5, 0.6) is 0 Å². The number of esters is 1. The molecular weight excluding hydrogens is 430 g/mol. The van der Waals surface area contributed by atoms with Gasteiger partial charge in [-0.15, -0.1) is 0 Å². The second kappa shape index (κ2) is 10.3. The fourth-order valence-electron chi connectivity index (χ4n) is 2.76. The minimum absolute atomic E-state index is 0.186. The second-order valence-electron chi connectivity index (χ2n) is 6.89. The molecule has 2 aromatic carbocycles. The molecule has 0 unspecified atom stereocenters. The van der Waals surface area contributed by atoms with E-state index in [1.165, 1.54) is 31.2 Å². The number of anilines is 2. The first-order valence-corrected chi connectivity index (χ1v) is 11.4. The Morgan fingerprint density at radius 2 is 1.74 bits per heavy atom. The van der Waals surface area contributed by atoms with Gasteiger partial charge in [-0.05, 0) is 49.7 Å². The number of benzene rings is 2. The number of amides is 1. The molecular formula is C21H24F2N2O5S. The zero-order valence-electron chi connectivity index (χ0n) is 17.4. The molecule has 0 fully saturated rings. The van der Waals surface area contributed by atoms with Crippen molar-refractivity contribution < 1.29 is 31.5 Å². The molecule has 31 heavy (non-hydrogen) atoms. The monoisotopic (exact) mass is 454 g/mol. The van der Waals surface area contributed by atoms with Crippen LogP contribution in [0, 0.1) is 11.6 Å². The van der Waals surface area contributed by atoms with E-state index in [1.807, 2.05) is 6.92 Å². The molecule has 2 aromatic rings. The van der Waals surface area contributed by atoms with E-state index in [4.69, 9.17) is 4.74 Å². The number of hydrogen-bond acceptors (Lipinski definition) is 5. The number of carbonyl (C=O) groups is 2. The molecule has 7 nitrogen and oxygen atoms in total. The summed E-state index contributed by atoms with van der Waals surface area (Å²) in [7, 11) is -3.99. The van der Waals surface area contributed by atoms with Gasteiger partial charge in [-0.1, -0.05) is 13.3 Å². The summed E-state index contributed by atoms with van der Waals surface area (Å²) in [5, 5.41) is 2.54. The van der Waals surface area contributed by atoms with Crippen LogP contribution in [-0.4, -0.2) is 39.2 Å². The van der Waals surface area contributed by atoms with Crippen LogP contribution in [0.1, 0.15) is 37.0 Å². The number of halogens is 2. The van der Waals surface area contributed by atoms with E-state index in [0.29, 0.717) is 28.2 Å². The minimum atomic E-state index is -3.99. The highest BCUT2D eigenvalue weighted by atomic mass is 32.2. The third-order valence-electron chi connectivity index (χ3n) is 4.37. The molecule has 1 atom stereocenters. The van der Waals surface area contributed by atoms with Gasteiger partial charge in [-0.3, -0.25) is 9.10 Å². The van der Waals surface area contributed by atoms with E-state index < -0.39 is 39.6 Å². The summed E-state index contributed by atoms with van der Waals surface area (Å²) in [6.07, 6.45) is 2.51. The molecule has 0 saturated carbocycles. The number of rotatable bonds is 9. The summed E-state index contributed by atoms with van der Waals surface area (Å²) in [4.78, 5) is 24.6. The van der Waals surface area contributed by atoms with Crippen LogP contribution in [0.25, 0.3) is 0 Å². The number of ether oxygens (including phenoxy) is 1. The maximum absolute atomic E-state index is 13.6. The van der Waals surface area contributed by atoms with Crippen molar-refractivity contribution in [2.75, 3.05) is 22.5 Å². The Kier molecular flexibility index (Phi) is 8.09. The molecule has 0 aliphatic heterocycles. The highest BCUT2D eigenvalue weighted by Crippen LogP contribution is 2.24. The molecule has 0 radical (unpaired) electrons. The van der Waals surface area contributed by atoms with Crippen LogP contribution < -0.4 is 9.62 Å². The van der Waals surface area contributed by atoms with Crippen LogP contribution >= 0.6 is 0 Å². The third-order valence-corrected chi connectivity index (χ3v) is 5.61. The Hall–Kier alpha value is -3.01. The van der Waals surface area contributed by atoms with E-state index >= 15 is 0 Å². The number of nitrogens with zero attached hydrogens (tertiary/aromatic N) is 1. The zero-order valence-corrected chi connectivity index (χ0v) is 18.2. The second-order valence-corrected chi connectivity index (χ2v) is 8.75. The zero-order chi connectivity index (χ0) is 23.2. The van der Waals surface area contributed by atoms with Gasteiger partial charge in [0.15, 0.2) is 11.6 Å². The van der Waals surface area contributed by atoms with Crippen molar-refractivity contribution in [3.63, 3.8) is 0 Å². The lowest BCUT2D eigenvalue weighted by molar-refractivity contribution is -0.116. The van der Waals surface area contributed by atoms with Crippen LogP contribution in [0.15, 0.2) is 42.5 Å². The highest BCUT2D eigenvalue weighted by molar-refractivity contribution is 7.92. The average molecular weight is 454 g/mol. The standard InChI is InChI=1S/C21H24F2N2O5S/c1-4-5-12-30-21(27)15-6-8-16(9-7-15)24-20(26)14(2)25(31(3,28)29)17-10-11-18(22)19(23)13-17/h6-11,13-14H,4-5,12H2,1-3H3,(H,24,26)/t14-/m0/s1. The fraction of sp³-hybridized carbons (Fsp3) is 0.333. The summed E-state index contributed by atoms with van der Waals surface area (Å²) < 4.78 is 57.1. The van der Waals surface area contributed by atoms with E-state index in [0.717, 1.165) is 31.2 Å². The fourth-order valence-corrected chi connectivity index (χ4v) is 3.93. The van der Waals surface area contributed by atoms with Gasteiger partial charge in [0.05, 0.1) is 24.1 Å². The first-order chi connectivity index (χ1) is 14.5. The molecule has 10 heteroatoms. The lowest BCUT2D eigenvalue weighted by Gasteiger charge is -2.28. The topological polar surface area (TPSA) is 92.8 Å². The summed E-state index contributed by atoms with van der Waals surface area (Å²) in [5.74, 6) is -3.56. The molecule has 0 aliphatic carbocycles. The Bertz CT molecular complexity index is 1040. The molecule has 1 N–H and O–H groups in total. The number of unbranched alkanes of at least 4 members (excludes halogenated alkanes) is 1. The van der Waals surface area contributed by atoms with E-state index in [-0.39, 0.29) is 5.69 Å². The lowest BCUT2D eigenvalue weighted by atomic mass is 10.2. The molecule has 168 valence electrons. The largest absolute Gasteiger partial charge is 0.462 e. The first-order valence-electron chi connectivity index (χ1n) is 9.57. The van der Waals surface area contributed by atoms with Crippen molar-refractivity contribution in [2.24, 2.45) is 0 Å². The maximum Gasteiger partial charge on any atom is 0.338 e. The number of carbonyl (C=O) groups excluding carboxylic acids is 2. The Balaban J connectivity index is 2.15. The molecule has 0 aromatic heterocycles. The molecule has 2 rings (SSSR count). The van der Waals surface area contributed by atoms with Crippen molar-refractivity contribution in [3.8, 4) is 0 Å². The van der Waals surface area contributed by atoms with E-state index in [9.17, 15) is 26.8 Å². The number of sulfonamides is 1. The first kappa shape index (κ1) is 24.3. The molecule has 0 saturated heterocycles. The van der Waals surface area contributed by atoms with Gasteiger partial charge in [-0.2, -0.15) is 0 Å². The molecule has 0 bridgehead atoms. The van der Waals surface area contributed by atoms with E-state index in [1.54, 1.807) is 0 Å². The summed E-state index contributed by atoms with van der Waals surface area (Å²) in [6.45, 7) is 3.61. The van der Waals surface area contributed by atoms with Crippen molar-refractivity contribution in [3.05, 3.63) is 59.7 Å². The minimum Gasteiger partial charge on any atom is -0.462 e.